The Balaban J connectivity index is 4.43. The van der Waals surface area contributed by atoms with Crippen LogP contribution in [-0.4, -0.2) is 57.3 Å². The Morgan fingerprint density at radius 2 is 1.83 bits per heavy atom. The van der Waals surface area contributed by atoms with Gasteiger partial charge in [-0.15, -0.1) is 0 Å². The second kappa shape index (κ2) is 8.76. The first-order valence-electron chi connectivity index (χ1n) is 5.38. The predicted octanol–water partition coefficient (Wildman–Crippen LogP) is -0.608. The SMILES string of the molecule is CCCSCC(NC(=O)C(CO)C(=O)O)C(=O)O. The van der Waals surface area contributed by atoms with Gasteiger partial charge in [0.25, 0.3) is 0 Å². The van der Waals surface area contributed by atoms with E-state index in [0.29, 0.717) is 0 Å². The normalized spacial score (nSPS) is 13.7. The topological polar surface area (TPSA) is 124 Å². The quantitative estimate of drug-likeness (QED) is 0.328. The highest BCUT2D eigenvalue weighted by molar-refractivity contribution is 7.99. The van der Waals surface area contributed by atoms with Gasteiger partial charge in [-0.05, 0) is 12.2 Å². The van der Waals surface area contributed by atoms with Gasteiger partial charge < -0.3 is 20.6 Å². The molecule has 0 saturated carbocycles. The number of nitrogens with one attached hydrogen (secondary N) is 1. The van der Waals surface area contributed by atoms with Crippen LogP contribution in [0, 0.1) is 5.92 Å². The first kappa shape index (κ1) is 16.7. The number of amides is 1. The zero-order chi connectivity index (χ0) is 14.1. The number of aliphatic hydroxyl groups is 1. The molecule has 0 fully saturated rings. The van der Waals surface area contributed by atoms with E-state index >= 15 is 0 Å². The summed E-state index contributed by atoms with van der Waals surface area (Å²) in [6.07, 6.45) is 0.874. The van der Waals surface area contributed by atoms with Crippen molar-refractivity contribution in [1.82, 2.24) is 5.32 Å². The highest BCUT2D eigenvalue weighted by Crippen LogP contribution is 2.06. The largest absolute Gasteiger partial charge is 0.481 e. The zero-order valence-electron chi connectivity index (χ0n) is 9.96. The molecule has 0 rings (SSSR count). The summed E-state index contributed by atoms with van der Waals surface area (Å²) in [6.45, 7) is 1.07. The van der Waals surface area contributed by atoms with Crippen LogP contribution in [0.3, 0.4) is 0 Å². The maximum atomic E-state index is 11.4. The zero-order valence-corrected chi connectivity index (χ0v) is 10.8. The maximum Gasteiger partial charge on any atom is 0.327 e. The van der Waals surface area contributed by atoms with Gasteiger partial charge in [-0.25, -0.2) is 4.79 Å². The summed E-state index contributed by atoms with van der Waals surface area (Å²) in [5, 5.41) is 28.4. The minimum absolute atomic E-state index is 0.159. The summed E-state index contributed by atoms with van der Waals surface area (Å²) in [6, 6.07) is -1.15. The van der Waals surface area contributed by atoms with Crippen molar-refractivity contribution in [3.8, 4) is 0 Å². The number of thioether (sulfide) groups is 1. The Morgan fingerprint density at radius 3 is 2.22 bits per heavy atom. The van der Waals surface area contributed by atoms with Crippen LogP contribution in [0.2, 0.25) is 0 Å². The molecule has 104 valence electrons. The number of carbonyl (C=O) groups is 3. The molecule has 2 unspecified atom stereocenters. The fourth-order valence-electron chi connectivity index (χ4n) is 1.07. The van der Waals surface area contributed by atoms with Crippen molar-refractivity contribution in [2.45, 2.75) is 19.4 Å². The van der Waals surface area contributed by atoms with E-state index in [1.807, 2.05) is 6.92 Å². The Hall–Kier alpha value is -1.28. The second-order valence-electron chi connectivity index (χ2n) is 3.55. The minimum Gasteiger partial charge on any atom is -0.481 e. The van der Waals surface area contributed by atoms with E-state index in [0.717, 1.165) is 12.2 Å². The van der Waals surface area contributed by atoms with Gasteiger partial charge in [0.15, 0.2) is 5.92 Å². The summed E-state index contributed by atoms with van der Waals surface area (Å²) in [7, 11) is 0. The molecule has 0 radical (unpaired) electrons. The maximum absolute atomic E-state index is 11.4. The van der Waals surface area contributed by atoms with Gasteiger partial charge in [-0.1, -0.05) is 6.92 Å². The molecule has 0 aliphatic heterocycles. The lowest BCUT2D eigenvalue weighted by Crippen LogP contribution is -2.47. The molecule has 7 nitrogen and oxygen atoms in total. The van der Waals surface area contributed by atoms with Crippen LogP contribution in [0.5, 0.6) is 0 Å². The third-order valence-corrected chi connectivity index (χ3v) is 3.31. The van der Waals surface area contributed by atoms with Gasteiger partial charge in [0, 0.05) is 5.75 Å². The van der Waals surface area contributed by atoms with Crippen molar-refractivity contribution in [3.63, 3.8) is 0 Å². The number of rotatable bonds is 9. The molecule has 0 heterocycles. The summed E-state index contributed by atoms with van der Waals surface area (Å²) in [4.78, 5) is 32.9. The summed E-state index contributed by atoms with van der Waals surface area (Å²) < 4.78 is 0. The standard InChI is InChI=1S/C10H17NO6S/c1-2-3-18-5-7(10(16)17)11-8(13)6(4-12)9(14)15/h6-7,12H,2-5H2,1H3,(H,11,13)(H,14,15)(H,16,17). The van der Waals surface area contributed by atoms with Gasteiger partial charge in [0.1, 0.15) is 6.04 Å². The average Bonchev–Trinajstić information content (AvgIpc) is 2.28. The third kappa shape index (κ3) is 5.87. The number of carboxylic acids is 2. The summed E-state index contributed by atoms with van der Waals surface area (Å²) in [5.41, 5.74) is 0. The molecule has 0 aromatic carbocycles. The number of carboxylic acid groups (broad SMARTS) is 2. The number of carbonyl (C=O) groups excluding carboxylic acids is 1. The molecule has 0 bridgehead atoms. The molecule has 4 N–H and O–H groups in total. The molecule has 0 spiro atoms. The smallest absolute Gasteiger partial charge is 0.327 e. The average molecular weight is 279 g/mol. The van der Waals surface area contributed by atoms with E-state index in [2.05, 4.69) is 5.32 Å². The van der Waals surface area contributed by atoms with Crippen LogP contribution < -0.4 is 5.32 Å². The van der Waals surface area contributed by atoms with E-state index in [-0.39, 0.29) is 5.75 Å². The van der Waals surface area contributed by atoms with Crippen LogP contribution in [0.25, 0.3) is 0 Å². The van der Waals surface area contributed by atoms with E-state index in [1.165, 1.54) is 11.8 Å². The Bertz CT molecular complexity index is 309. The van der Waals surface area contributed by atoms with Crippen molar-refractivity contribution in [3.05, 3.63) is 0 Å². The lowest BCUT2D eigenvalue weighted by atomic mass is 10.1. The second-order valence-corrected chi connectivity index (χ2v) is 4.70. The van der Waals surface area contributed by atoms with Gasteiger partial charge in [-0.2, -0.15) is 11.8 Å². The van der Waals surface area contributed by atoms with Crippen LogP contribution in [0.15, 0.2) is 0 Å². The number of aliphatic carboxylic acids is 2. The molecular weight excluding hydrogens is 262 g/mol. The number of hydrogen-bond acceptors (Lipinski definition) is 5. The lowest BCUT2D eigenvalue weighted by molar-refractivity contribution is -0.151. The van der Waals surface area contributed by atoms with Crippen molar-refractivity contribution < 1.29 is 29.7 Å². The molecule has 2 atom stereocenters. The number of hydrogen-bond donors (Lipinski definition) is 4. The van der Waals surface area contributed by atoms with Crippen molar-refractivity contribution in [1.29, 1.82) is 0 Å². The first-order valence-corrected chi connectivity index (χ1v) is 6.54. The predicted molar refractivity (Wildman–Crippen MR) is 65.4 cm³/mol. The monoisotopic (exact) mass is 279 g/mol. The Kier molecular flexibility index (Phi) is 8.14. The summed E-state index contributed by atoms with van der Waals surface area (Å²) >= 11 is 1.35. The molecule has 0 saturated heterocycles. The van der Waals surface area contributed by atoms with E-state index in [4.69, 9.17) is 15.3 Å². The molecule has 0 aromatic heterocycles. The fraction of sp³-hybridized carbons (Fsp3) is 0.700. The van der Waals surface area contributed by atoms with Crippen molar-refractivity contribution in [2.24, 2.45) is 5.92 Å². The molecule has 0 aromatic rings. The lowest BCUT2D eigenvalue weighted by Gasteiger charge is -2.16. The van der Waals surface area contributed by atoms with Crippen LogP contribution in [0.4, 0.5) is 0 Å². The minimum atomic E-state index is -1.64. The highest BCUT2D eigenvalue weighted by Gasteiger charge is 2.29. The molecule has 8 heteroatoms. The van der Waals surface area contributed by atoms with Crippen molar-refractivity contribution >= 4 is 29.6 Å². The molecule has 1 amide bonds. The molecule has 0 aliphatic carbocycles. The Labute approximate surface area is 109 Å². The molecular formula is C10H17NO6S. The fourth-order valence-corrected chi connectivity index (χ4v) is 1.98. The van der Waals surface area contributed by atoms with Gasteiger partial charge >= 0.3 is 11.9 Å². The Morgan fingerprint density at radius 1 is 1.22 bits per heavy atom. The first-order chi connectivity index (χ1) is 8.43. The molecule has 0 aliphatic rings. The molecule has 18 heavy (non-hydrogen) atoms. The van der Waals surface area contributed by atoms with Gasteiger partial charge in [-0.3, -0.25) is 9.59 Å². The third-order valence-electron chi connectivity index (χ3n) is 2.04. The van der Waals surface area contributed by atoms with E-state index in [9.17, 15) is 14.4 Å². The van der Waals surface area contributed by atoms with E-state index in [1.54, 1.807) is 0 Å². The van der Waals surface area contributed by atoms with Crippen LogP contribution >= 0.6 is 11.8 Å². The van der Waals surface area contributed by atoms with Crippen LogP contribution in [0.1, 0.15) is 13.3 Å². The summed E-state index contributed by atoms with van der Waals surface area (Å²) in [5.74, 6) is -4.43. The number of aliphatic hydroxyl groups excluding tert-OH is 1. The van der Waals surface area contributed by atoms with E-state index < -0.39 is 36.4 Å². The van der Waals surface area contributed by atoms with Gasteiger partial charge in [0.05, 0.1) is 6.61 Å². The van der Waals surface area contributed by atoms with Crippen LogP contribution in [-0.2, 0) is 14.4 Å². The van der Waals surface area contributed by atoms with Crippen molar-refractivity contribution in [2.75, 3.05) is 18.1 Å². The van der Waals surface area contributed by atoms with Gasteiger partial charge in [0.2, 0.25) is 5.91 Å². The highest BCUT2D eigenvalue weighted by atomic mass is 32.2.